The Kier molecular flexibility index (Phi) is 5.36. The van der Waals surface area contributed by atoms with Crippen LogP contribution in [0.15, 0.2) is 30.3 Å². The zero-order chi connectivity index (χ0) is 11.8. The van der Waals surface area contributed by atoms with E-state index in [0.29, 0.717) is 19.6 Å². The fraction of sp³-hybridized carbons (Fsp3) is 0.417. The second kappa shape index (κ2) is 6.85. The lowest BCUT2D eigenvalue weighted by Crippen LogP contribution is -2.40. The van der Waals surface area contributed by atoms with E-state index in [4.69, 9.17) is 5.11 Å². The molecule has 0 atom stereocenters. The fourth-order valence-electron chi connectivity index (χ4n) is 1.44. The number of aliphatic hydroxyl groups excluding tert-OH is 1. The van der Waals surface area contributed by atoms with Crippen molar-refractivity contribution in [2.75, 3.05) is 19.7 Å². The summed E-state index contributed by atoms with van der Waals surface area (Å²) in [5, 5.41) is 11.6. The molecule has 0 unspecified atom stereocenters. The Balaban J connectivity index is 2.60. The van der Waals surface area contributed by atoms with E-state index < -0.39 is 0 Å². The first-order valence-electron chi connectivity index (χ1n) is 5.45. The van der Waals surface area contributed by atoms with Crippen LogP contribution in [0.3, 0.4) is 0 Å². The molecule has 0 heterocycles. The monoisotopic (exact) mass is 222 g/mol. The van der Waals surface area contributed by atoms with E-state index in [-0.39, 0.29) is 12.6 Å². The molecule has 2 amide bonds. The number of nitrogens with one attached hydrogen (secondary N) is 1. The first kappa shape index (κ1) is 12.5. The molecule has 4 heteroatoms. The van der Waals surface area contributed by atoms with Crippen molar-refractivity contribution in [3.8, 4) is 0 Å². The van der Waals surface area contributed by atoms with Gasteiger partial charge in [0, 0.05) is 19.6 Å². The van der Waals surface area contributed by atoms with Gasteiger partial charge in [0.15, 0.2) is 0 Å². The number of rotatable bonds is 5. The smallest absolute Gasteiger partial charge is 0.317 e. The average molecular weight is 222 g/mol. The normalized spacial score (nSPS) is 9.88. The lowest BCUT2D eigenvalue weighted by Gasteiger charge is -2.21. The van der Waals surface area contributed by atoms with Crippen LogP contribution in [0.4, 0.5) is 4.79 Å². The average Bonchev–Trinajstić information content (AvgIpc) is 2.30. The van der Waals surface area contributed by atoms with Crippen LogP contribution in [0.25, 0.3) is 0 Å². The molecule has 0 saturated heterocycles. The van der Waals surface area contributed by atoms with Crippen molar-refractivity contribution in [3.63, 3.8) is 0 Å². The van der Waals surface area contributed by atoms with Gasteiger partial charge in [0.2, 0.25) is 0 Å². The quantitative estimate of drug-likeness (QED) is 0.786. The molecule has 2 N–H and O–H groups in total. The molecule has 4 nitrogen and oxygen atoms in total. The Morgan fingerprint density at radius 1 is 1.38 bits per heavy atom. The molecule has 0 aliphatic rings. The molecule has 0 fully saturated rings. The Hall–Kier alpha value is -1.55. The highest BCUT2D eigenvalue weighted by Crippen LogP contribution is 2.04. The standard InChI is InChI=1S/C12H18N2O2/c1-2-13-12(16)14(8-9-15)10-11-6-4-3-5-7-11/h3-7,15H,2,8-10H2,1H3,(H,13,16). The fourth-order valence-corrected chi connectivity index (χ4v) is 1.44. The summed E-state index contributed by atoms with van der Waals surface area (Å²) in [6, 6.07) is 9.59. The predicted molar refractivity (Wildman–Crippen MR) is 63.0 cm³/mol. The Bertz CT molecular complexity index is 314. The van der Waals surface area contributed by atoms with Crippen molar-refractivity contribution in [3.05, 3.63) is 35.9 Å². The third-order valence-electron chi connectivity index (χ3n) is 2.20. The Morgan fingerprint density at radius 2 is 2.06 bits per heavy atom. The Labute approximate surface area is 95.9 Å². The van der Waals surface area contributed by atoms with Crippen molar-refractivity contribution in [2.45, 2.75) is 13.5 Å². The minimum atomic E-state index is -0.139. The van der Waals surface area contributed by atoms with Gasteiger partial charge in [-0.3, -0.25) is 0 Å². The van der Waals surface area contributed by atoms with E-state index in [9.17, 15) is 4.79 Å². The summed E-state index contributed by atoms with van der Waals surface area (Å²) < 4.78 is 0. The number of amides is 2. The molecule has 1 aromatic carbocycles. The minimum absolute atomic E-state index is 0.0238. The van der Waals surface area contributed by atoms with Crippen LogP contribution in [0.5, 0.6) is 0 Å². The van der Waals surface area contributed by atoms with Gasteiger partial charge in [0.25, 0.3) is 0 Å². The number of carbonyl (C=O) groups excluding carboxylic acids is 1. The molecule has 0 radical (unpaired) electrons. The minimum Gasteiger partial charge on any atom is -0.395 e. The molecular weight excluding hydrogens is 204 g/mol. The highest BCUT2D eigenvalue weighted by Gasteiger charge is 2.11. The first-order valence-corrected chi connectivity index (χ1v) is 5.45. The third-order valence-corrected chi connectivity index (χ3v) is 2.20. The van der Waals surface area contributed by atoms with Gasteiger partial charge in [0.05, 0.1) is 6.61 Å². The summed E-state index contributed by atoms with van der Waals surface area (Å²) in [5.74, 6) is 0. The van der Waals surface area contributed by atoms with Crippen LogP contribution in [0, 0.1) is 0 Å². The van der Waals surface area contributed by atoms with E-state index >= 15 is 0 Å². The summed E-state index contributed by atoms with van der Waals surface area (Å²) in [7, 11) is 0. The Morgan fingerprint density at radius 3 is 2.62 bits per heavy atom. The number of carbonyl (C=O) groups is 1. The molecular formula is C12H18N2O2. The third kappa shape index (κ3) is 3.90. The molecule has 0 spiro atoms. The first-order chi connectivity index (χ1) is 7.77. The lowest BCUT2D eigenvalue weighted by molar-refractivity contribution is 0.174. The lowest BCUT2D eigenvalue weighted by atomic mass is 10.2. The van der Waals surface area contributed by atoms with E-state index in [1.807, 2.05) is 37.3 Å². The van der Waals surface area contributed by atoms with E-state index in [2.05, 4.69) is 5.32 Å². The highest BCUT2D eigenvalue weighted by molar-refractivity contribution is 5.74. The van der Waals surface area contributed by atoms with Crippen molar-refractivity contribution in [1.82, 2.24) is 10.2 Å². The molecule has 0 aliphatic heterocycles. The number of hydrogen-bond acceptors (Lipinski definition) is 2. The maximum atomic E-state index is 11.6. The summed E-state index contributed by atoms with van der Waals surface area (Å²) >= 11 is 0. The molecule has 0 aromatic heterocycles. The van der Waals surface area contributed by atoms with Gasteiger partial charge in [-0.2, -0.15) is 0 Å². The number of hydrogen-bond donors (Lipinski definition) is 2. The van der Waals surface area contributed by atoms with Crippen LogP contribution in [0.1, 0.15) is 12.5 Å². The van der Waals surface area contributed by atoms with Crippen LogP contribution < -0.4 is 5.32 Å². The van der Waals surface area contributed by atoms with E-state index in [0.717, 1.165) is 5.56 Å². The topological polar surface area (TPSA) is 52.6 Å². The maximum Gasteiger partial charge on any atom is 0.317 e. The van der Waals surface area contributed by atoms with Crippen molar-refractivity contribution in [2.24, 2.45) is 0 Å². The van der Waals surface area contributed by atoms with Gasteiger partial charge < -0.3 is 15.3 Å². The number of benzene rings is 1. The molecule has 16 heavy (non-hydrogen) atoms. The summed E-state index contributed by atoms with van der Waals surface area (Å²) in [4.78, 5) is 13.2. The van der Waals surface area contributed by atoms with Crippen molar-refractivity contribution >= 4 is 6.03 Å². The number of nitrogens with zero attached hydrogens (tertiary/aromatic N) is 1. The number of aliphatic hydroxyl groups is 1. The van der Waals surface area contributed by atoms with Gasteiger partial charge in [-0.1, -0.05) is 30.3 Å². The molecule has 1 aromatic rings. The van der Waals surface area contributed by atoms with Gasteiger partial charge in [-0.05, 0) is 12.5 Å². The van der Waals surface area contributed by atoms with Gasteiger partial charge in [-0.25, -0.2) is 4.79 Å². The highest BCUT2D eigenvalue weighted by atomic mass is 16.3. The van der Waals surface area contributed by atoms with Crippen molar-refractivity contribution in [1.29, 1.82) is 0 Å². The van der Waals surface area contributed by atoms with Gasteiger partial charge >= 0.3 is 6.03 Å². The zero-order valence-electron chi connectivity index (χ0n) is 9.52. The molecule has 0 bridgehead atoms. The van der Waals surface area contributed by atoms with Crippen LogP contribution in [-0.2, 0) is 6.54 Å². The zero-order valence-corrected chi connectivity index (χ0v) is 9.52. The maximum absolute atomic E-state index is 11.6. The summed E-state index contributed by atoms with van der Waals surface area (Å²) in [6.45, 7) is 3.31. The van der Waals surface area contributed by atoms with Crippen LogP contribution in [0.2, 0.25) is 0 Å². The van der Waals surface area contributed by atoms with E-state index in [1.165, 1.54) is 0 Å². The molecule has 0 aliphatic carbocycles. The predicted octanol–water partition coefficient (Wildman–Crippen LogP) is 1.21. The summed E-state index contributed by atoms with van der Waals surface area (Å²) in [6.07, 6.45) is 0. The van der Waals surface area contributed by atoms with Crippen LogP contribution in [-0.4, -0.2) is 35.7 Å². The van der Waals surface area contributed by atoms with Gasteiger partial charge in [0.1, 0.15) is 0 Å². The number of urea groups is 1. The second-order valence-corrected chi connectivity index (χ2v) is 3.47. The largest absolute Gasteiger partial charge is 0.395 e. The van der Waals surface area contributed by atoms with E-state index in [1.54, 1.807) is 4.90 Å². The molecule has 0 saturated carbocycles. The van der Waals surface area contributed by atoms with Gasteiger partial charge in [-0.15, -0.1) is 0 Å². The van der Waals surface area contributed by atoms with Crippen LogP contribution >= 0.6 is 0 Å². The molecule has 1 rings (SSSR count). The second-order valence-electron chi connectivity index (χ2n) is 3.47. The molecule has 88 valence electrons. The SMILES string of the molecule is CCNC(=O)N(CCO)Cc1ccccc1. The van der Waals surface area contributed by atoms with Crippen molar-refractivity contribution < 1.29 is 9.90 Å². The summed E-state index contributed by atoms with van der Waals surface area (Å²) in [5.41, 5.74) is 1.06.